The molecule has 5 heteroatoms. The fourth-order valence-electron chi connectivity index (χ4n) is 1.77. The summed E-state index contributed by atoms with van der Waals surface area (Å²) in [4.78, 5) is 12.1. The molecule has 1 aromatic heterocycles. The molecule has 0 aliphatic carbocycles. The fraction of sp³-hybridized carbons (Fsp3) is 0.692. The Hall–Kier alpha value is -1.36. The summed E-state index contributed by atoms with van der Waals surface area (Å²) in [6.07, 6.45) is 2.35. The maximum atomic E-state index is 12.1. The standard InChI is InChI=1S/C13H23N3O2/c1-5-16-8-11(12(15-16)9(2)3)13(18)14-10(4)6-7-17/h8-10,17H,5-7H2,1-4H3,(H,14,18). The average molecular weight is 253 g/mol. The topological polar surface area (TPSA) is 67.2 Å². The van der Waals surface area contributed by atoms with E-state index in [1.165, 1.54) is 0 Å². The van der Waals surface area contributed by atoms with Gasteiger partial charge >= 0.3 is 0 Å². The lowest BCUT2D eigenvalue weighted by Crippen LogP contribution is -2.33. The molecular weight excluding hydrogens is 230 g/mol. The SMILES string of the molecule is CCn1cc(C(=O)NC(C)CCO)c(C(C)C)n1. The molecular formula is C13H23N3O2. The van der Waals surface area contributed by atoms with Gasteiger partial charge in [-0.3, -0.25) is 9.48 Å². The molecule has 1 unspecified atom stereocenters. The molecule has 0 aliphatic heterocycles. The van der Waals surface area contributed by atoms with Crippen LogP contribution in [-0.2, 0) is 6.54 Å². The normalized spacial score (nSPS) is 12.8. The van der Waals surface area contributed by atoms with E-state index in [9.17, 15) is 4.79 Å². The van der Waals surface area contributed by atoms with E-state index < -0.39 is 0 Å². The van der Waals surface area contributed by atoms with Gasteiger partial charge in [0.1, 0.15) is 0 Å². The second-order valence-corrected chi connectivity index (χ2v) is 4.83. The van der Waals surface area contributed by atoms with Crippen LogP contribution in [0, 0.1) is 0 Å². The number of aryl methyl sites for hydroxylation is 1. The molecule has 0 aliphatic rings. The summed E-state index contributed by atoms with van der Waals surface area (Å²) >= 11 is 0. The predicted octanol–water partition coefficient (Wildman–Crippen LogP) is 1.53. The maximum Gasteiger partial charge on any atom is 0.254 e. The molecule has 0 fully saturated rings. The number of aliphatic hydroxyl groups excluding tert-OH is 1. The Bertz CT molecular complexity index is 399. The van der Waals surface area contributed by atoms with Crippen LogP contribution in [0.4, 0.5) is 0 Å². The molecule has 0 spiro atoms. The van der Waals surface area contributed by atoms with Crippen molar-refractivity contribution in [2.24, 2.45) is 0 Å². The number of hydrogen-bond donors (Lipinski definition) is 2. The van der Waals surface area contributed by atoms with Gasteiger partial charge in [0.2, 0.25) is 0 Å². The molecule has 18 heavy (non-hydrogen) atoms. The highest BCUT2D eigenvalue weighted by atomic mass is 16.3. The van der Waals surface area contributed by atoms with Gasteiger partial charge in [-0.25, -0.2) is 0 Å². The van der Waals surface area contributed by atoms with Gasteiger partial charge < -0.3 is 10.4 Å². The van der Waals surface area contributed by atoms with Crippen LogP contribution >= 0.6 is 0 Å². The monoisotopic (exact) mass is 253 g/mol. The van der Waals surface area contributed by atoms with Crippen LogP contribution in [0.2, 0.25) is 0 Å². The van der Waals surface area contributed by atoms with Crippen LogP contribution in [0.3, 0.4) is 0 Å². The summed E-state index contributed by atoms with van der Waals surface area (Å²) in [6.45, 7) is 8.75. The number of carbonyl (C=O) groups excluding carboxylic acids is 1. The number of carbonyl (C=O) groups is 1. The van der Waals surface area contributed by atoms with Gasteiger partial charge in [0.15, 0.2) is 0 Å². The molecule has 0 bridgehead atoms. The van der Waals surface area contributed by atoms with Crippen molar-refractivity contribution in [2.45, 2.75) is 52.6 Å². The third-order valence-corrected chi connectivity index (χ3v) is 2.85. The van der Waals surface area contributed by atoms with Gasteiger partial charge in [-0.05, 0) is 26.2 Å². The Labute approximate surface area is 108 Å². The Morgan fingerprint density at radius 1 is 1.50 bits per heavy atom. The van der Waals surface area contributed by atoms with E-state index in [4.69, 9.17) is 5.11 Å². The van der Waals surface area contributed by atoms with Crippen molar-refractivity contribution in [3.8, 4) is 0 Å². The highest BCUT2D eigenvalue weighted by Gasteiger charge is 2.19. The van der Waals surface area contributed by atoms with Crippen LogP contribution in [0.15, 0.2) is 6.20 Å². The number of rotatable bonds is 6. The van der Waals surface area contributed by atoms with Crippen molar-refractivity contribution in [3.05, 3.63) is 17.5 Å². The van der Waals surface area contributed by atoms with Crippen LogP contribution in [-0.4, -0.2) is 33.4 Å². The lowest BCUT2D eigenvalue weighted by atomic mass is 10.1. The minimum Gasteiger partial charge on any atom is -0.396 e. The quantitative estimate of drug-likeness (QED) is 0.808. The third-order valence-electron chi connectivity index (χ3n) is 2.85. The highest BCUT2D eigenvalue weighted by molar-refractivity contribution is 5.95. The summed E-state index contributed by atoms with van der Waals surface area (Å²) < 4.78 is 1.78. The van der Waals surface area contributed by atoms with Gasteiger partial charge in [-0.1, -0.05) is 13.8 Å². The first-order valence-electron chi connectivity index (χ1n) is 6.48. The lowest BCUT2D eigenvalue weighted by Gasteiger charge is -2.12. The van der Waals surface area contributed by atoms with Gasteiger partial charge in [-0.2, -0.15) is 5.10 Å². The van der Waals surface area contributed by atoms with Gasteiger partial charge in [-0.15, -0.1) is 0 Å². The molecule has 0 aromatic carbocycles. The zero-order chi connectivity index (χ0) is 13.7. The van der Waals surface area contributed by atoms with Crippen LogP contribution < -0.4 is 5.32 Å². The van der Waals surface area contributed by atoms with E-state index in [0.29, 0.717) is 12.0 Å². The van der Waals surface area contributed by atoms with Crippen molar-refractivity contribution >= 4 is 5.91 Å². The van der Waals surface area contributed by atoms with E-state index in [0.717, 1.165) is 12.2 Å². The summed E-state index contributed by atoms with van der Waals surface area (Å²) in [6, 6.07) is -0.0347. The minimum atomic E-state index is -0.112. The summed E-state index contributed by atoms with van der Waals surface area (Å²) in [5.74, 6) is 0.103. The second-order valence-electron chi connectivity index (χ2n) is 4.83. The zero-order valence-corrected chi connectivity index (χ0v) is 11.6. The van der Waals surface area contributed by atoms with E-state index in [-0.39, 0.29) is 24.5 Å². The first-order valence-corrected chi connectivity index (χ1v) is 6.48. The number of hydrogen-bond acceptors (Lipinski definition) is 3. The van der Waals surface area contributed by atoms with Crippen LogP contribution in [0.25, 0.3) is 0 Å². The summed E-state index contributed by atoms with van der Waals surface area (Å²) in [7, 11) is 0. The van der Waals surface area contributed by atoms with E-state index in [2.05, 4.69) is 10.4 Å². The Morgan fingerprint density at radius 3 is 2.67 bits per heavy atom. The molecule has 1 atom stereocenters. The minimum absolute atomic E-state index is 0.0347. The van der Waals surface area contributed by atoms with Crippen molar-refractivity contribution in [1.82, 2.24) is 15.1 Å². The summed E-state index contributed by atoms with van der Waals surface area (Å²) in [5.41, 5.74) is 1.46. The largest absolute Gasteiger partial charge is 0.396 e. The maximum absolute atomic E-state index is 12.1. The van der Waals surface area contributed by atoms with Crippen LogP contribution in [0.5, 0.6) is 0 Å². The van der Waals surface area contributed by atoms with Crippen molar-refractivity contribution in [3.63, 3.8) is 0 Å². The van der Waals surface area contributed by atoms with Gasteiger partial charge in [0, 0.05) is 25.4 Å². The molecule has 5 nitrogen and oxygen atoms in total. The molecule has 0 saturated carbocycles. The smallest absolute Gasteiger partial charge is 0.254 e. The Balaban J connectivity index is 2.87. The molecule has 1 heterocycles. The van der Waals surface area contributed by atoms with Crippen molar-refractivity contribution in [2.75, 3.05) is 6.61 Å². The molecule has 1 amide bonds. The highest BCUT2D eigenvalue weighted by Crippen LogP contribution is 2.17. The summed E-state index contributed by atoms with van der Waals surface area (Å²) in [5, 5.41) is 16.1. The number of aliphatic hydroxyl groups is 1. The van der Waals surface area contributed by atoms with E-state index >= 15 is 0 Å². The number of aromatic nitrogens is 2. The van der Waals surface area contributed by atoms with Gasteiger partial charge in [0.05, 0.1) is 11.3 Å². The molecule has 0 radical (unpaired) electrons. The Morgan fingerprint density at radius 2 is 2.17 bits per heavy atom. The zero-order valence-electron chi connectivity index (χ0n) is 11.6. The lowest BCUT2D eigenvalue weighted by molar-refractivity contribution is 0.0933. The van der Waals surface area contributed by atoms with E-state index in [1.54, 1.807) is 10.9 Å². The van der Waals surface area contributed by atoms with Gasteiger partial charge in [0.25, 0.3) is 5.91 Å². The number of amides is 1. The van der Waals surface area contributed by atoms with Crippen molar-refractivity contribution < 1.29 is 9.90 Å². The van der Waals surface area contributed by atoms with E-state index in [1.807, 2.05) is 27.7 Å². The predicted molar refractivity (Wildman–Crippen MR) is 70.6 cm³/mol. The molecule has 102 valence electrons. The van der Waals surface area contributed by atoms with Crippen molar-refractivity contribution in [1.29, 1.82) is 0 Å². The number of nitrogens with zero attached hydrogens (tertiary/aromatic N) is 2. The first-order chi connectivity index (χ1) is 8.49. The van der Waals surface area contributed by atoms with Crippen LogP contribution in [0.1, 0.15) is 56.1 Å². The second kappa shape index (κ2) is 6.54. The Kier molecular flexibility index (Phi) is 5.34. The average Bonchev–Trinajstić information content (AvgIpc) is 2.73. The molecule has 2 N–H and O–H groups in total. The molecule has 1 rings (SSSR count). The third kappa shape index (κ3) is 3.57. The fourth-order valence-corrected chi connectivity index (χ4v) is 1.77. The molecule has 1 aromatic rings. The first kappa shape index (κ1) is 14.7. The number of nitrogens with one attached hydrogen (secondary N) is 1. The molecule has 0 saturated heterocycles.